The van der Waals surface area contributed by atoms with Gasteiger partial charge in [-0.05, 0) is 36.8 Å². The van der Waals surface area contributed by atoms with Gasteiger partial charge in [-0.25, -0.2) is 8.78 Å². The number of nitrogens with zero attached hydrogens (tertiary/aromatic N) is 2. The van der Waals surface area contributed by atoms with Crippen molar-refractivity contribution in [2.75, 3.05) is 5.32 Å². The van der Waals surface area contributed by atoms with E-state index in [-0.39, 0.29) is 0 Å². The van der Waals surface area contributed by atoms with Crippen LogP contribution in [-0.2, 0) is 0 Å². The molecule has 0 aliphatic rings. The zero-order valence-electron chi connectivity index (χ0n) is 13.5. The monoisotopic (exact) mass is 357 g/mol. The van der Waals surface area contributed by atoms with E-state index >= 15 is 0 Å². The van der Waals surface area contributed by atoms with Crippen molar-refractivity contribution in [3.05, 3.63) is 81.8 Å². The zero-order chi connectivity index (χ0) is 18.8. The van der Waals surface area contributed by atoms with Gasteiger partial charge in [-0.3, -0.25) is 9.59 Å². The van der Waals surface area contributed by atoms with Crippen LogP contribution in [-0.4, -0.2) is 20.8 Å². The Morgan fingerprint density at radius 2 is 1.77 bits per heavy atom. The van der Waals surface area contributed by atoms with Gasteiger partial charge in [0.05, 0.1) is 5.69 Å². The highest BCUT2D eigenvalue weighted by Crippen LogP contribution is 2.20. The molecule has 0 saturated heterocycles. The van der Waals surface area contributed by atoms with Gasteiger partial charge in [0, 0.05) is 6.07 Å². The van der Waals surface area contributed by atoms with Gasteiger partial charge < -0.3 is 10.4 Å². The fraction of sp³-hybridized carbons (Fsp3) is 0.0556. The van der Waals surface area contributed by atoms with Crippen LogP contribution in [0.15, 0.2) is 53.3 Å². The Morgan fingerprint density at radius 1 is 1.12 bits per heavy atom. The van der Waals surface area contributed by atoms with Crippen LogP contribution in [0.5, 0.6) is 5.75 Å². The zero-order valence-corrected chi connectivity index (χ0v) is 13.5. The van der Waals surface area contributed by atoms with Gasteiger partial charge in [0.15, 0.2) is 11.4 Å². The average molecular weight is 357 g/mol. The molecule has 0 aliphatic carbocycles. The summed E-state index contributed by atoms with van der Waals surface area (Å²) in [4.78, 5) is 24.4. The van der Waals surface area contributed by atoms with Crippen LogP contribution in [0, 0.1) is 18.6 Å². The third kappa shape index (κ3) is 3.30. The molecule has 0 radical (unpaired) electrons. The molecule has 1 amide bonds. The summed E-state index contributed by atoms with van der Waals surface area (Å²) in [6.45, 7) is 1.81. The topological polar surface area (TPSA) is 84.2 Å². The van der Waals surface area contributed by atoms with E-state index < -0.39 is 40.2 Å². The summed E-state index contributed by atoms with van der Waals surface area (Å²) < 4.78 is 28.3. The van der Waals surface area contributed by atoms with Crippen LogP contribution in [0.3, 0.4) is 0 Å². The van der Waals surface area contributed by atoms with E-state index in [0.717, 1.165) is 34.5 Å². The average Bonchev–Trinajstić information content (AvgIpc) is 2.58. The first-order valence-corrected chi connectivity index (χ1v) is 7.52. The van der Waals surface area contributed by atoms with E-state index in [4.69, 9.17) is 0 Å². The Kier molecular flexibility index (Phi) is 4.49. The quantitative estimate of drug-likeness (QED) is 0.755. The molecule has 6 nitrogen and oxygen atoms in total. The van der Waals surface area contributed by atoms with Crippen molar-refractivity contribution < 1.29 is 18.7 Å². The minimum absolute atomic E-state index is 0.376. The third-order valence-electron chi connectivity index (χ3n) is 3.57. The van der Waals surface area contributed by atoms with E-state index in [1.165, 1.54) is 0 Å². The fourth-order valence-corrected chi connectivity index (χ4v) is 2.34. The normalized spacial score (nSPS) is 10.6. The number of para-hydroxylation sites is 1. The summed E-state index contributed by atoms with van der Waals surface area (Å²) in [5.41, 5.74) is -0.660. The number of anilines is 1. The van der Waals surface area contributed by atoms with Crippen LogP contribution >= 0.6 is 0 Å². The Bertz CT molecular complexity index is 1040. The van der Waals surface area contributed by atoms with Crippen molar-refractivity contribution in [3.8, 4) is 11.4 Å². The highest BCUT2D eigenvalue weighted by atomic mass is 19.1. The SMILES string of the molecule is Cc1cccc(-n2nc(C(=O)Nc3c(F)cccc3F)c(O)cc2=O)c1. The lowest BCUT2D eigenvalue weighted by Gasteiger charge is -2.10. The summed E-state index contributed by atoms with van der Waals surface area (Å²) in [7, 11) is 0. The van der Waals surface area contributed by atoms with Gasteiger partial charge >= 0.3 is 0 Å². The van der Waals surface area contributed by atoms with Crippen LogP contribution in [0.1, 0.15) is 16.1 Å². The molecule has 0 saturated carbocycles. The van der Waals surface area contributed by atoms with E-state index in [1.54, 1.807) is 18.2 Å². The first kappa shape index (κ1) is 17.3. The molecule has 2 N–H and O–H groups in total. The number of benzene rings is 2. The van der Waals surface area contributed by atoms with Crippen molar-refractivity contribution in [1.82, 2.24) is 9.78 Å². The van der Waals surface area contributed by atoms with E-state index in [2.05, 4.69) is 5.10 Å². The smallest absolute Gasteiger partial charge is 0.280 e. The molecule has 3 aromatic rings. The van der Waals surface area contributed by atoms with Gasteiger partial charge in [0.25, 0.3) is 11.5 Å². The van der Waals surface area contributed by atoms with Crippen molar-refractivity contribution in [2.24, 2.45) is 0 Å². The number of amides is 1. The number of aromatic nitrogens is 2. The molecule has 0 spiro atoms. The lowest BCUT2D eigenvalue weighted by molar-refractivity contribution is 0.101. The maximum atomic E-state index is 13.7. The highest BCUT2D eigenvalue weighted by molar-refractivity contribution is 6.04. The molecule has 8 heteroatoms. The van der Waals surface area contributed by atoms with Crippen LogP contribution in [0.25, 0.3) is 5.69 Å². The van der Waals surface area contributed by atoms with E-state index in [9.17, 15) is 23.5 Å². The molecule has 0 fully saturated rings. The first-order valence-electron chi connectivity index (χ1n) is 7.52. The standard InChI is InChI=1S/C18H13F2N3O3/c1-10-4-2-5-11(8-10)23-15(25)9-14(24)17(22-23)18(26)21-16-12(19)6-3-7-13(16)20/h2-9,24H,1H3,(H,21,26). The molecule has 0 atom stereocenters. The molecular weight excluding hydrogens is 344 g/mol. The van der Waals surface area contributed by atoms with Gasteiger partial charge in [-0.2, -0.15) is 9.78 Å². The molecular formula is C18H13F2N3O3. The minimum Gasteiger partial charge on any atom is -0.505 e. The largest absolute Gasteiger partial charge is 0.505 e. The molecule has 26 heavy (non-hydrogen) atoms. The highest BCUT2D eigenvalue weighted by Gasteiger charge is 2.20. The predicted molar refractivity (Wildman–Crippen MR) is 90.5 cm³/mol. The lowest BCUT2D eigenvalue weighted by atomic mass is 10.2. The Morgan fingerprint density at radius 3 is 2.42 bits per heavy atom. The van der Waals surface area contributed by atoms with Crippen LogP contribution in [0.4, 0.5) is 14.5 Å². The second kappa shape index (κ2) is 6.75. The predicted octanol–water partition coefficient (Wildman–Crippen LogP) is 2.78. The number of hydrogen-bond acceptors (Lipinski definition) is 4. The maximum Gasteiger partial charge on any atom is 0.280 e. The minimum atomic E-state index is -1.06. The number of rotatable bonds is 3. The van der Waals surface area contributed by atoms with Gasteiger partial charge in [0.1, 0.15) is 17.3 Å². The van der Waals surface area contributed by atoms with Crippen molar-refractivity contribution >= 4 is 11.6 Å². The van der Waals surface area contributed by atoms with Crippen molar-refractivity contribution in [2.45, 2.75) is 6.92 Å². The number of aromatic hydroxyl groups is 1. The second-order valence-corrected chi connectivity index (χ2v) is 5.52. The van der Waals surface area contributed by atoms with Gasteiger partial charge in [-0.15, -0.1) is 0 Å². The molecule has 0 unspecified atom stereocenters. The molecule has 1 aromatic heterocycles. The number of nitrogens with one attached hydrogen (secondary N) is 1. The number of aryl methyl sites for hydroxylation is 1. The van der Waals surface area contributed by atoms with Crippen LogP contribution < -0.4 is 10.9 Å². The summed E-state index contributed by atoms with van der Waals surface area (Å²) in [5.74, 6) is -3.73. The summed E-state index contributed by atoms with van der Waals surface area (Å²) in [6, 6.07) is 10.7. The van der Waals surface area contributed by atoms with Gasteiger partial charge in [-0.1, -0.05) is 18.2 Å². The second-order valence-electron chi connectivity index (χ2n) is 5.52. The fourth-order valence-electron chi connectivity index (χ4n) is 2.34. The molecule has 2 aromatic carbocycles. The number of carbonyl (C=O) groups is 1. The molecule has 3 rings (SSSR count). The van der Waals surface area contributed by atoms with Crippen LogP contribution in [0.2, 0.25) is 0 Å². The number of hydrogen-bond donors (Lipinski definition) is 2. The van der Waals surface area contributed by atoms with E-state index in [1.807, 2.05) is 18.3 Å². The van der Waals surface area contributed by atoms with Crippen molar-refractivity contribution in [1.29, 1.82) is 0 Å². The molecule has 0 aliphatic heterocycles. The Hall–Kier alpha value is -3.55. The molecule has 132 valence electrons. The lowest BCUT2D eigenvalue weighted by Crippen LogP contribution is -2.25. The molecule has 0 bridgehead atoms. The Balaban J connectivity index is 2.04. The summed E-state index contributed by atoms with van der Waals surface area (Å²) >= 11 is 0. The number of carbonyl (C=O) groups excluding carboxylic acids is 1. The Labute approximate surface area is 146 Å². The summed E-state index contributed by atoms with van der Waals surface area (Å²) in [5, 5.41) is 15.7. The number of halogens is 2. The molecule has 1 heterocycles. The first-order chi connectivity index (χ1) is 12.4. The van der Waals surface area contributed by atoms with Crippen molar-refractivity contribution in [3.63, 3.8) is 0 Å². The third-order valence-corrected chi connectivity index (χ3v) is 3.57. The van der Waals surface area contributed by atoms with E-state index in [0.29, 0.717) is 5.69 Å². The summed E-state index contributed by atoms with van der Waals surface area (Å²) in [6.07, 6.45) is 0. The maximum absolute atomic E-state index is 13.7. The van der Waals surface area contributed by atoms with Gasteiger partial charge in [0.2, 0.25) is 0 Å².